The van der Waals surface area contributed by atoms with Crippen LogP contribution >= 0.6 is 35.0 Å². The van der Waals surface area contributed by atoms with E-state index in [9.17, 15) is 0 Å². The van der Waals surface area contributed by atoms with E-state index in [1.165, 1.54) is 11.1 Å². The number of thioether (sulfide) groups is 1. The molecular formula is C22H24Cl2N2S. The fourth-order valence-corrected chi connectivity index (χ4v) is 4.66. The summed E-state index contributed by atoms with van der Waals surface area (Å²) in [5.41, 5.74) is 3.73. The Morgan fingerprint density at radius 1 is 1.04 bits per heavy atom. The molecule has 5 heteroatoms. The molecule has 142 valence electrons. The number of alkyl halides is 1. The predicted molar refractivity (Wildman–Crippen MR) is 118 cm³/mol. The van der Waals surface area contributed by atoms with Crippen molar-refractivity contribution in [3.63, 3.8) is 0 Å². The van der Waals surface area contributed by atoms with Crippen molar-refractivity contribution in [2.75, 3.05) is 0 Å². The first-order valence-corrected chi connectivity index (χ1v) is 10.8. The molecule has 0 N–H and O–H groups in total. The highest BCUT2D eigenvalue weighted by Crippen LogP contribution is 2.43. The van der Waals surface area contributed by atoms with Crippen molar-refractivity contribution in [1.82, 2.24) is 9.55 Å². The first kappa shape index (κ1) is 20.3. The molecule has 0 amide bonds. The van der Waals surface area contributed by atoms with Crippen molar-refractivity contribution >= 4 is 35.0 Å². The second kappa shape index (κ2) is 8.72. The quantitative estimate of drug-likeness (QED) is 0.392. The van der Waals surface area contributed by atoms with Gasteiger partial charge in [-0.3, -0.25) is 0 Å². The molecule has 2 aromatic carbocycles. The van der Waals surface area contributed by atoms with Gasteiger partial charge in [-0.15, -0.1) is 11.8 Å². The number of aromatic nitrogens is 2. The van der Waals surface area contributed by atoms with Gasteiger partial charge in [0.05, 0.1) is 11.6 Å². The van der Waals surface area contributed by atoms with E-state index in [1.54, 1.807) is 12.5 Å². The van der Waals surface area contributed by atoms with Gasteiger partial charge in [0.1, 0.15) is 5.50 Å². The van der Waals surface area contributed by atoms with Crippen molar-refractivity contribution in [3.8, 4) is 0 Å². The zero-order chi connectivity index (χ0) is 19.4. The predicted octanol–water partition coefficient (Wildman–Crippen LogP) is 7.25. The molecular weight excluding hydrogens is 395 g/mol. The van der Waals surface area contributed by atoms with Crippen LogP contribution in [0.1, 0.15) is 48.2 Å². The van der Waals surface area contributed by atoms with E-state index in [0.29, 0.717) is 0 Å². The summed E-state index contributed by atoms with van der Waals surface area (Å²) in [7, 11) is 0. The van der Waals surface area contributed by atoms with E-state index in [1.807, 2.05) is 34.7 Å². The molecule has 0 radical (unpaired) electrons. The molecule has 0 aliphatic rings. The van der Waals surface area contributed by atoms with Crippen molar-refractivity contribution < 1.29 is 0 Å². The Kier molecular flexibility index (Phi) is 6.56. The number of halogens is 2. The Hall–Kier alpha value is -1.42. The van der Waals surface area contributed by atoms with Crippen LogP contribution in [0.5, 0.6) is 0 Å². The summed E-state index contributed by atoms with van der Waals surface area (Å²) in [6.07, 6.45) is 5.42. The molecule has 0 saturated carbocycles. The topological polar surface area (TPSA) is 17.8 Å². The van der Waals surface area contributed by atoms with E-state index >= 15 is 0 Å². The summed E-state index contributed by atoms with van der Waals surface area (Å²) >= 11 is 14.7. The summed E-state index contributed by atoms with van der Waals surface area (Å²) < 4.78 is 1.94. The Morgan fingerprint density at radius 3 is 2.26 bits per heavy atom. The van der Waals surface area contributed by atoms with Crippen molar-refractivity contribution in [1.29, 1.82) is 0 Å². The molecule has 2 atom stereocenters. The van der Waals surface area contributed by atoms with Crippen LogP contribution < -0.4 is 0 Å². The van der Waals surface area contributed by atoms with Gasteiger partial charge in [-0.1, -0.05) is 80.4 Å². The average molecular weight is 419 g/mol. The minimum absolute atomic E-state index is 0.0837. The highest BCUT2D eigenvalue weighted by Gasteiger charge is 2.23. The molecule has 2 nitrogen and oxygen atoms in total. The van der Waals surface area contributed by atoms with Crippen LogP contribution in [0.15, 0.2) is 67.3 Å². The van der Waals surface area contributed by atoms with E-state index < -0.39 is 0 Å². The smallest absolute Gasteiger partial charge is 0.125 e. The van der Waals surface area contributed by atoms with Gasteiger partial charge < -0.3 is 4.57 Å². The average Bonchev–Trinajstić information content (AvgIpc) is 3.17. The highest BCUT2D eigenvalue weighted by atomic mass is 35.5. The summed E-state index contributed by atoms with van der Waals surface area (Å²) in [5, 5.41) is 0.814. The summed E-state index contributed by atoms with van der Waals surface area (Å²) in [6.45, 7) is 6.70. The van der Waals surface area contributed by atoms with Gasteiger partial charge in [-0.2, -0.15) is 0 Å². The number of nitrogens with zero attached hydrogens (tertiary/aromatic N) is 2. The Morgan fingerprint density at radius 2 is 1.70 bits per heavy atom. The maximum atomic E-state index is 6.81. The third kappa shape index (κ3) is 5.31. The molecule has 0 aliphatic heterocycles. The van der Waals surface area contributed by atoms with E-state index in [2.05, 4.69) is 62.2 Å². The Labute approximate surface area is 175 Å². The van der Waals surface area contributed by atoms with Crippen molar-refractivity contribution in [3.05, 3.63) is 89.0 Å². The highest BCUT2D eigenvalue weighted by molar-refractivity contribution is 7.98. The Bertz CT molecular complexity index is 838. The van der Waals surface area contributed by atoms with Gasteiger partial charge in [0.25, 0.3) is 0 Å². The minimum Gasteiger partial charge on any atom is -0.319 e. The standard InChI is InChI=1S/C22H24Cl2N2S/c1-22(2,3)18-8-4-16(5-9-18)14-27-20(17-6-10-19(23)11-7-17)21(24)26-13-12-25-15-26/h4-13,15,20-21H,14H2,1-3H3. The van der Waals surface area contributed by atoms with Crippen LogP contribution in [0.2, 0.25) is 5.02 Å². The lowest BCUT2D eigenvalue weighted by Gasteiger charge is -2.24. The first-order valence-electron chi connectivity index (χ1n) is 8.92. The molecule has 3 aromatic rings. The first-order chi connectivity index (χ1) is 12.8. The fourth-order valence-electron chi connectivity index (χ4n) is 2.85. The number of rotatable bonds is 6. The molecule has 0 bridgehead atoms. The van der Waals surface area contributed by atoms with Gasteiger partial charge in [0.15, 0.2) is 0 Å². The normalized spacial score (nSPS) is 14.1. The van der Waals surface area contributed by atoms with Crippen molar-refractivity contribution in [2.24, 2.45) is 0 Å². The van der Waals surface area contributed by atoms with Gasteiger partial charge in [0.2, 0.25) is 0 Å². The van der Waals surface area contributed by atoms with Crippen LogP contribution in [-0.4, -0.2) is 9.55 Å². The van der Waals surface area contributed by atoms with E-state index in [4.69, 9.17) is 23.2 Å². The third-order valence-electron chi connectivity index (χ3n) is 4.51. The lowest BCUT2D eigenvalue weighted by Crippen LogP contribution is -2.11. The number of hydrogen-bond donors (Lipinski definition) is 0. The SMILES string of the molecule is CC(C)(C)c1ccc(CSC(c2ccc(Cl)cc2)C(Cl)n2ccnc2)cc1. The minimum atomic E-state index is -0.229. The third-order valence-corrected chi connectivity index (χ3v) is 6.78. The molecule has 1 aromatic heterocycles. The Balaban J connectivity index is 1.78. The summed E-state index contributed by atoms with van der Waals surface area (Å²) in [6, 6.07) is 16.8. The maximum absolute atomic E-state index is 6.81. The van der Waals surface area contributed by atoms with Gasteiger partial charge in [0, 0.05) is 23.2 Å². The number of benzene rings is 2. The van der Waals surface area contributed by atoms with Crippen LogP contribution in [-0.2, 0) is 11.2 Å². The van der Waals surface area contributed by atoms with E-state index in [0.717, 1.165) is 16.3 Å². The van der Waals surface area contributed by atoms with Gasteiger partial charge in [-0.05, 0) is 34.2 Å². The number of hydrogen-bond acceptors (Lipinski definition) is 2. The van der Waals surface area contributed by atoms with Crippen LogP contribution in [0.25, 0.3) is 0 Å². The van der Waals surface area contributed by atoms with Crippen molar-refractivity contribution in [2.45, 2.75) is 42.7 Å². The lowest BCUT2D eigenvalue weighted by atomic mass is 9.87. The summed E-state index contributed by atoms with van der Waals surface area (Å²) in [5.74, 6) is 0.885. The molecule has 0 aliphatic carbocycles. The molecule has 3 rings (SSSR count). The van der Waals surface area contributed by atoms with E-state index in [-0.39, 0.29) is 16.2 Å². The molecule has 27 heavy (non-hydrogen) atoms. The van der Waals surface area contributed by atoms with Crippen LogP contribution in [0, 0.1) is 0 Å². The second-order valence-corrected chi connectivity index (χ2v) is 9.63. The van der Waals surface area contributed by atoms with Gasteiger partial charge >= 0.3 is 0 Å². The van der Waals surface area contributed by atoms with Crippen LogP contribution in [0.3, 0.4) is 0 Å². The second-order valence-electron chi connectivity index (χ2n) is 7.61. The monoisotopic (exact) mass is 418 g/mol. The molecule has 2 unspecified atom stereocenters. The fraction of sp³-hybridized carbons (Fsp3) is 0.318. The molecule has 0 spiro atoms. The molecule has 1 heterocycles. The zero-order valence-electron chi connectivity index (χ0n) is 15.8. The zero-order valence-corrected chi connectivity index (χ0v) is 18.1. The molecule has 0 saturated heterocycles. The van der Waals surface area contributed by atoms with Crippen LogP contribution in [0.4, 0.5) is 0 Å². The van der Waals surface area contributed by atoms with Gasteiger partial charge in [-0.25, -0.2) is 4.98 Å². The largest absolute Gasteiger partial charge is 0.319 e. The lowest BCUT2D eigenvalue weighted by molar-refractivity contribution is 0.590. The molecule has 0 fully saturated rings. The maximum Gasteiger partial charge on any atom is 0.125 e. The number of imidazole rings is 1. The summed E-state index contributed by atoms with van der Waals surface area (Å²) in [4.78, 5) is 4.13.